The molecule has 80 valence electrons. The van der Waals surface area contributed by atoms with Crippen LogP contribution in [0, 0.1) is 0 Å². The van der Waals surface area contributed by atoms with E-state index in [1.54, 1.807) is 17.8 Å². The van der Waals surface area contributed by atoms with E-state index in [1.807, 2.05) is 0 Å². The zero-order chi connectivity index (χ0) is 10.5. The monoisotopic (exact) mass is 227 g/mol. The van der Waals surface area contributed by atoms with E-state index >= 15 is 0 Å². The maximum Gasteiger partial charge on any atom is 0.212 e. The van der Waals surface area contributed by atoms with Crippen LogP contribution in [0.3, 0.4) is 0 Å². The maximum absolute atomic E-state index is 13.7. The molecular weight excluding hydrogens is 217 g/mol. The molecule has 4 nitrogen and oxygen atoms in total. The van der Waals surface area contributed by atoms with Gasteiger partial charge in [-0.1, -0.05) is 11.3 Å². The van der Waals surface area contributed by atoms with Gasteiger partial charge < -0.3 is 4.74 Å². The number of methoxy groups -OCH3 is 1. The average molecular weight is 227 g/mol. The second-order valence-corrected chi connectivity index (χ2v) is 4.79. The van der Waals surface area contributed by atoms with Gasteiger partial charge in [0.2, 0.25) is 4.96 Å². The molecule has 2 aromatic rings. The molecule has 6 heteroatoms. The molecule has 0 radical (unpaired) electrons. The Balaban J connectivity index is 1.98. The summed E-state index contributed by atoms with van der Waals surface area (Å²) in [5.41, 5.74) is -0.653. The lowest BCUT2D eigenvalue weighted by Crippen LogP contribution is -1.97. The van der Waals surface area contributed by atoms with E-state index < -0.39 is 5.67 Å². The third-order valence-electron chi connectivity index (χ3n) is 2.50. The highest BCUT2D eigenvalue weighted by Crippen LogP contribution is 2.49. The minimum Gasteiger partial charge on any atom is -0.377 e. The lowest BCUT2D eigenvalue weighted by Gasteiger charge is -1.96. The zero-order valence-electron chi connectivity index (χ0n) is 8.23. The fraction of sp³-hybridized carbons (Fsp3) is 0.556. The quantitative estimate of drug-likeness (QED) is 0.804. The van der Waals surface area contributed by atoms with Crippen LogP contribution in [0.5, 0.6) is 0 Å². The van der Waals surface area contributed by atoms with Gasteiger partial charge in [-0.3, -0.25) is 0 Å². The van der Waals surface area contributed by atoms with Crippen molar-refractivity contribution in [2.75, 3.05) is 7.11 Å². The average Bonchev–Trinajstić information content (AvgIpc) is 2.67. The van der Waals surface area contributed by atoms with E-state index in [4.69, 9.17) is 4.74 Å². The third kappa shape index (κ3) is 1.44. The highest BCUT2D eigenvalue weighted by Gasteiger charge is 2.47. The number of alkyl halides is 1. The van der Waals surface area contributed by atoms with Gasteiger partial charge in [-0.25, -0.2) is 13.9 Å². The van der Waals surface area contributed by atoms with E-state index in [1.165, 1.54) is 11.3 Å². The molecule has 1 saturated carbocycles. The molecule has 1 fully saturated rings. The molecule has 0 unspecified atom stereocenters. The topological polar surface area (TPSA) is 39.4 Å². The predicted molar refractivity (Wildman–Crippen MR) is 53.6 cm³/mol. The fourth-order valence-corrected chi connectivity index (χ4v) is 2.35. The number of hydrogen-bond acceptors (Lipinski definition) is 4. The van der Waals surface area contributed by atoms with Gasteiger partial charge in [-0.05, 0) is 12.8 Å². The molecule has 0 N–H and O–H groups in total. The summed E-state index contributed by atoms with van der Waals surface area (Å²) in [4.78, 5) is 4.97. The van der Waals surface area contributed by atoms with Crippen molar-refractivity contribution in [3.8, 4) is 0 Å². The molecule has 3 rings (SSSR count). The van der Waals surface area contributed by atoms with Crippen molar-refractivity contribution >= 4 is 16.3 Å². The van der Waals surface area contributed by atoms with E-state index in [-0.39, 0.29) is 0 Å². The van der Waals surface area contributed by atoms with Gasteiger partial charge in [-0.2, -0.15) is 5.10 Å². The first-order valence-corrected chi connectivity index (χ1v) is 5.56. The highest BCUT2D eigenvalue weighted by molar-refractivity contribution is 7.16. The van der Waals surface area contributed by atoms with Crippen LogP contribution in [-0.4, -0.2) is 21.7 Å². The van der Waals surface area contributed by atoms with Crippen LogP contribution in [0.1, 0.15) is 23.5 Å². The molecule has 0 saturated heterocycles. The molecule has 0 spiro atoms. The third-order valence-corrected chi connectivity index (χ3v) is 3.40. The van der Waals surface area contributed by atoms with Gasteiger partial charge in [0.05, 0.1) is 18.5 Å². The Labute approximate surface area is 89.7 Å². The summed E-state index contributed by atoms with van der Waals surface area (Å²) in [6, 6.07) is 0. The molecule has 0 atom stereocenters. The summed E-state index contributed by atoms with van der Waals surface area (Å²) < 4.78 is 20.3. The van der Waals surface area contributed by atoms with E-state index in [0.717, 1.165) is 9.97 Å². The number of ether oxygens (including phenoxy) is 1. The molecule has 0 bridgehead atoms. The predicted octanol–water partition coefficient (Wildman–Crippen LogP) is 1.90. The number of fused-ring (bicyclic) bond motifs is 1. The Kier molecular flexibility index (Phi) is 1.84. The Bertz CT molecular complexity index is 471. The summed E-state index contributed by atoms with van der Waals surface area (Å²) in [6.07, 6.45) is 2.85. The Morgan fingerprint density at radius 2 is 2.47 bits per heavy atom. The fourth-order valence-electron chi connectivity index (χ4n) is 1.50. The van der Waals surface area contributed by atoms with Gasteiger partial charge in [0.15, 0.2) is 5.67 Å². The molecule has 0 amide bonds. The second-order valence-electron chi connectivity index (χ2n) is 3.75. The van der Waals surface area contributed by atoms with Crippen molar-refractivity contribution in [1.29, 1.82) is 0 Å². The summed E-state index contributed by atoms with van der Waals surface area (Å²) in [5.74, 6) is 0. The molecule has 0 aliphatic heterocycles. The number of nitrogens with zero attached hydrogens (tertiary/aromatic N) is 3. The number of aromatic nitrogens is 3. The lowest BCUT2D eigenvalue weighted by atomic mass is 10.3. The van der Waals surface area contributed by atoms with Crippen molar-refractivity contribution in [3.63, 3.8) is 0 Å². The number of halogens is 1. The summed E-state index contributed by atoms with van der Waals surface area (Å²) in [6.45, 7) is 0.476. The number of imidazole rings is 1. The first-order valence-electron chi connectivity index (χ1n) is 4.75. The minimum absolute atomic E-state index is 0.476. The van der Waals surface area contributed by atoms with Crippen LogP contribution in [0.15, 0.2) is 6.20 Å². The van der Waals surface area contributed by atoms with Gasteiger partial charge >= 0.3 is 0 Å². The summed E-state index contributed by atoms with van der Waals surface area (Å²) in [5, 5.41) is 5.10. The number of hydrogen-bond donors (Lipinski definition) is 0. The zero-order valence-corrected chi connectivity index (χ0v) is 9.05. The van der Waals surface area contributed by atoms with Crippen molar-refractivity contribution in [2.24, 2.45) is 0 Å². The molecule has 1 aliphatic carbocycles. The van der Waals surface area contributed by atoms with Crippen LogP contribution in [0.4, 0.5) is 4.39 Å². The van der Waals surface area contributed by atoms with Crippen LogP contribution in [0.2, 0.25) is 0 Å². The summed E-state index contributed by atoms with van der Waals surface area (Å²) in [7, 11) is 1.62. The van der Waals surface area contributed by atoms with Crippen LogP contribution >= 0.6 is 11.3 Å². The number of rotatable bonds is 3. The molecule has 2 aromatic heterocycles. The van der Waals surface area contributed by atoms with Gasteiger partial charge in [0, 0.05) is 7.11 Å². The second kappa shape index (κ2) is 2.99. The van der Waals surface area contributed by atoms with Gasteiger partial charge in [0.25, 0.3) is 0 Å². The van der Waals surface area contributed by atoms with E-state index in [2.05, 4.69) is 10.1 Å². The van der Waals surface area contributed by atoms with Crippen LogP contribution in [0.25, 0.3) is 4.96 Å². The van der Waals surface area contributed by atoms with Crippen molar-refractivity contribution < 1.29 is 9.13 Å². The highest BCUT2D eigenvalue weighted by atomic mass is 32.1. The van der Waals surface area contributed by atoms with E-state index in [9.17, 15) is 4.39 Å². The first kappa shape index (κ1) is 9.23. The smallest absolute Gasteiger partial charge is 0.212 e. The van der Waals surface area contributed by atoms with Crippen molar-refractivity contribution in [1.82, 2.24) is 14.6 Å². The van der Waals surface area contributed by atoms with Crippen molar-refractivity contribution in [3.05, 3.63) is 16.9 Å². The summed E-state index contributed by atoms with van der Waals surface area (Å²) >= 11 is 1.44. The standard InChI is InChI=1S/C9H10FN3OS/c1-14-5-7-12-13-4-6(9(10)2-3-9)11-8(13)15-7/h4H,2-3,5H2,1H3. The van der Waals surface area contributed by atoms with Gasteiger partial charge in [0.1, 0.15) is 5.01 Å². The lowest BCUT2D eigenvalue weighted by molar-refractivity contribution is 0.183. The largest absolute Gasteiger partial charge is 0.377 e. The van der Waals surface area contributed by atoms with Crippen LogP contribution in [-0.2, 0) is 17.0 Å². The Hall–Kier alpha value is -1.01. The van der Waals surface area contributed by atoms with Crippen molar-refractivity contribution in [2.45, 2.75) is 25.1 Å². The van der Waals surface area contributed by atoms with Crippen LogP contribution < -0.4 is 0 Å². The maximum atomic E-state index is 13.7. The Morgan fingerprint density at radius 3 is 3.07 bits per heavy atom. The Morgan fingerprint density at radius 1 is 1.67 bits per heavy atom. The normalized spacial score (nSPS) is 18.5. The molecule has 15 heavy (non-hydrogen) atoms. The molecule has 2 heterocycles. The van der Waals surface area contributed by atoms with E-state index in [0.29, 0.717) is 25.1 Å². The molecular formula is C9H10FN3OS. The molecule has 0 aromatic carbocycles. The minimum atomic E-state index is -1.17. The molecule has 1 aliphatic rings. The SMILES string of the molecule is COCc1nn2cc(C3(F)CC3)nc2s1. The first-order chi connectivity index (χ1) is 7.21. The van der Waals surface area contributed by atoms with Gasteiger partial charge in [-0.15, -0.1) is 0 Å².